The van der Waals surface area contributed by atoms with E-state index in [1.165, 1.54) is 0 Å². The molecule has 0 heterocycles. The number of hydrogen-bond acceptors (Lipinski definition) is 8. The summed E-state index contributed by atoms with van der Waals surface area (Å²) >= 11 is 0. The van der Waals surface area contributed by atoms with E-state index in [4.69, 9.17) is 31.6 Å². The number of ketones is 2. The quantitative estimate of drug-likeness (QED) is 0.491. The van der Waals surface area contributed by atoms with Crippen LogP contribution in [0.5, 0.6) is 0 Å². The average Bonchev–Trinajstić information content (AvgIpc) is 2.85. The van der Waals surface area contributed by atoms with Crippen molar-refractivity contribution in [2.45, 2.75) is 0 Å². The van der Waals surface area contributed by atoms with Gasteiger partial charge >= 0.3 is 0 Å². The predicted molar refractivity (Wildman–Crippen MR) is 99.8 cm³/mol. The molecule has 0 saturated carbocycles. The van der Waals surface area contributed by atoms with E-state index in [-0.39, 0.29) is 28.6 Å². The molecule has 0 atom stereocenters. The number of hydrogen-bond donors (Lipinski definition) is 0. The molecule has 8 nitrogen and oxygen atoms in total. The van der Waals surface area contributed by atoms with Gasteiger partial charge in [0, 0.05) is 78.8 Å². The third-order valence-electron chi connectivity index (χ3n) is 2.83. The van der Waals surface area contributed by atoms with E-state index < -0.39 is 0 Å². The number of carbonyl (C=O) groups is 2. The maximum absolute atomic E-state index is 12.1. The summed E-state index contributed by atoms with van der Waals surface area (Å²) in [5, 5.41) is 39.0. The van der Waals surface area contributed by atoms with Gasteiger partial charge < -0.3 is 0 Å². The van der Waals surface area contributed by atoms with Crippen LogP contribution in [0.15, 0.2) is 48.5 Å². The Morgan fingerprint density at radius 1 is 0.414 bits per heavy atom. The third kappa shape index (κ3) is 9.49. The Bertz CT molecular complexity index is 727. The minimum Gasteiger partial charge on any atom is -0.289 e. The molecular formula is C20H14FeN6O2. The topological polar surface area (TPSA) is 177 Å². The molecule has 3 rings (SSSR count). The van der Waals surface area contributed by atoms with Crippen LogP contribution >= 0.6 is 0 Å². The molecule has 0 amide bonds. The van der Waals surface area contributed by atoms with E-state index >= 15 is 0 Å². The molecule has 0 fully saturated rings. The van der Waals surface area contributed by atoms with Crippen LogP contribution < -0.4 is 0 Å². The molecule has 0 N–H and O–H groups in total. The first-order valence-corrected chi connectivity index (χ1v) is 6.61. The number of carbonyl (C=O) groups excluding carboxylic acids is 2. The van der Waals surface area contributed by atoms with Gasteiger partial charge in [-0.1, -0.05) is 48.5 Å². The Morgan fingerprint density at radius 2 is 0.552 bits per heavy atom. The molecule has 0 aromatic heterocycles. The molecule has 0 bridgehead atoms. The monoisotopic (exact) mass is 426 g/mol. The van der Waals surface area contributed by atoms with Crippen molar-refractivity contribution in [3.63, 3.8) is 0 Å². The van der Waals surface area contributed by atoms with Gasteiger partial charge in [0.05, 0.1) is 0 Å². The summed E-state index contributed by atoms with van der Waals surface area (Å²) in [6.45, 7) is 21.0. The van der Waals surface area contributed by atoms with Crippen LogP contribution in [0.25, 0.3) is 0 Å². The summed E-state index contributed by atoms with van der Waals surface area (Å²) in [6.07, 6.45) is 0. The van der Waals surface area contributed by atoms with Crippen molar-refractivity contribution in [1.82, 2.24) is 0 Å². The maximum Gasteiger partial charge on any atom is 0.194 e. The average molecular weight is 426 g/mol. The number of nitriles is 6. The molecule has 144 valence electrons. The van der Waals surface area contributed by atoms with Crippen molar-refractivity contribution >= 4 is 11.6 Å². The summed E-state index contributed by atoms with van der Waals surface area (Å²) in [5.74, 6) is -0.128. The van der Waals surface area contributed by atoms with Gasteiger partial charge in [-0.25, -0.2) is 31.6 Å². The van der Waals surface area contributed by atoms with E-state index in [2.05, 4.69) is 39.4 Å². The van der Waals surface area contributed by atoms with Gasteiger partial charge in [0.25, 0.3) is 0 Å². The first-order chi connectivity index (χ1) is 13.8. The second-order valence-electron chi connectivity index (χ2n) is 3.75. The molecular weight excluding hydrogens is 412 g/mol. The van der Waals surface area contributed by atoms with E-state index in [1.807, 2.05) is 0 Å². The summed E-state index contributed by atoms with van der Waals surface area (Å²) in [5.41, 5.74) is 2.02. The SMILES string of the molecule is C#N.C#N.C#N.C#N.C#N.C#N.O=C1c2ccccc2C(=O)c2ccccc21.[Fe]. The van der Waals surface area contributed by atoms with Crippen LogP contribution in [-0.4, -0.2) is 11.6 Å². The van der Waals surface area contributed by atoms with Crippen LogP contribution in [-0.2, 0) is 17.1 Å². The fourth-order valence-electron chi connectivity index (χ4n) is 2.05. The molecule has 0 aliphatic heterocycles. The third-order valence-corrected chi connectivity index (χ3v) is 2.83. The fourth-order valence-corrected chi connectivity index (χ4v) is 2.05. The molecule has 2 aromatic carbocycles. The Balaban J connectivity index is -0.000000129. The van der Waals surface area contributed by atoms with Gasteiger partial charge in [-0.3, -0.25) is 9.59 Å². The standard InChI is InChI=1S/C14H8O2.6CHN.Fe/c15-13-9-5-1-2-6-10(9)14(16)12-8-4-3-7-11(12)13;6*1-2;/h1-8H;6*1H;. The van der Waals surface area contributed by atoms with E-state index in [0.29, 0.717) is 22.3 Å². The minimum absolute atomic E-state index is 0. The van der Waals surface area contributed by atoms with Crippen LogP contribution in [0, 0.1) is 71.0 Å². The van der Waals surface area contributed by atoms with E-state index in [0.717, 1.165) is 0 Å². The van der Waals surface area contributed by atoms with Gasteiger partial charge in [0.1, 0.15) is 0 Å². The summed E-state index contributed by atoms with van der Waals surface area (Å²) in [6, 6.07) is 13.9. The molecule has 29 heavy (non-hydrogen) atoms. The fraction of sp³-hybridized carbons (Fsp3) is 0. The Labute approximate surface area is 180 Å². The normalized spacial score (nSPS) is 7.72. The van der Waals surface area contributed by atoms with Crippen LogP contribution in [0.1, 0.15) is 31.8 Å². The first-order valence-electron chi connectivity index (χ1n) is 6.61. The molecule has 2 aromatic rings. The smallest absolute Gasteiger partial charge is 0.194 e. The zero-order chi connectivity index (χ0) is 23.1. The van der Waals surface area contributed by atoms with Gasteiger partial charge in [-0.2, -0.15) is 0 Å². The van der Waals surface area contributed by atoms with Gasteiger partial charge in [0.2, 0.25) is 0 Å². The molecule has 9 heteroatoms. The van der Waals surface area contributed by atoms with Crippen molar-refractivity contribution in [3.05, 3.63) is 70.8 Å². The zero-order valence-corrected chi connectivity index (χ0v) is 16.0. The van der Waals surface area contributed by atoms with Gasteiger partial charge in [-0.05, 0) is 0 Å². The largest absolute Gasteiger partial charge is 0.289 e. The molecule has 0 unspecified atom stereocenters. The molecule has 0 saturated heterocycles. The molecule has 1 aliphatic rings. The Hall–Kier alpha value is -4.76. The maximum atomic E-state index is 12.1. The first kappa shape index (κ1) is 35.4. The molecule has 0 spiro atoms. The summed E-state index contributed by atoms with van der Waals surface area (Å²) < 4.78 is 0. The van der Waals surface area contributed by atoms with Crippen molar-refractivity contribution in [1.29, 1.82) is 31.6 Å². The summed E-state index contributed by atoms with van der Waals surface area (Å²) in [4.78, 5) is 24.2. The van der Waals surface area contributed by atoms with Crippen molar-refractivity contribution in [3.8, 4) is 39.4 Å². The Morgan fingerprint density at radius 3 is 0.690 bits per heavy atom. The van der Waals surface area contributed by atoms with Gasteiger partial charge in [0.15, 0.2) is 11.6 Å². The number of fused-ring (bicyclic) bond motifs is 2. The minimum atomic E-state index is -0.0641. The van der Waals surface area contributed by atoms with Crippen molar-refractivity contribution in [2.75, 3.05) is 0 Å². The molecule has 0 radical (unpaired) electrons. The number of benzene rings is 2. The number of rotatable bonds is 0. The number of nitrogens with zero attached hydrogens (tertiary/aromatic N) is 6. The second kappa shape index (κ2) is 25.5. The van der Waals surface area contributed by atoms with E-state index in [1.54, 1.807) is 48.5 Å². The Kier molecular flexibility index (Phi) is 31.1. The van der Waals surface area contributed by atoms with Crippen LogP contribution in [0.3, 0.4) is 0 Å². The van der Waals surface area contributed by atoms with Crippen LogP contribution in [0.4, 0.5) is 0 Å². The zero-order valence-electron chi connectivity index (χ0n) is 14.9. The van der Waals surface area contributed by atoms with Crippen LogP contribution in [0.2, 0.25) is 0 Å². The van der Waals surface area contributed by atoms with Crippen molar-refractivity contribution in [2.24, 2.45) is 0 Å². The van der Waals surface area contributed by atoms with Gasteiger partial charge in [-0.15, -0.1) is 0 Å². The molecule has 1 aliphatic carbocycles. The summed E-state index contributed by atoms with van der Waals surface area (Å²) in [7, 11) is 0. The van der Waals surface area contributed by atoms with E-state index in [9.17, 15) is 9.59 Å². The second-order valence-corrected chi connectivity index (χ2v) is 3.75. The predicted octanol–water partition coefficient (Wildman–Crippen LogP) is 3.30. The van der Waals surface area contributed by atoms with Crippen molar-refractivity contribution < 1.29 is 26.7 Å².